The van der Waals surface area contributed by atoms with Crippen LogP contribution in [0.2, 0.25) is 5.02 Å². The Bertz CT molecular complexity index is 887. The van der Waals surface area contributed by atoms with Gasteiger partial charge < -0.3 is 0 Å². The summed E-state index contributed by atoms with van der Waals surface area (Å²) in [6.45, 7) is 5.64. The van der Waals surface area contributed by atoms with Crippen LogP contribution in [0.15, 0.2) is 35.2 Å². The summed E-state index contributed by atoms with van der Waals surface area (Å²) in [5.74, 6) is 0.497. The second kappa shape index (κ2) is 7.00. The maximum atomic E-state index is 12.5. The first-order valence-corrected chi connectivity index (χ1v) is 9.66. The topological polar surface area (TPSA) is 54.9 Å². The fourth-order valence-corrected chi connectivity index (χ4v) is 5.11. The van der Waals surface area contributed by atoms with E-state index in [1.165, 1.54) is 34.4 Å². The first kappa shape index (κ1) is 16.4. The molecule has 1 amide bonds. The molecule has 3 aromatic rings. The van der Waals surface area contributed by atoms with Crippen molar-refractivity contribution < 1.29 is 4.79 Å². The number of fused-ring (bicyclic) bond motifs is 1. The third-order valence-corrected chi connectivity index (χ3v) is 6.63. The number of hydrogen-bond acceptors (Lipinski definition) is 6. The van der Waals surface area contributed by atoms with Gasteiger partial charge in [-0.25, -0.2) is 0 Å². The van der Waals surface area contributed by atoms with E-state index in [0.717, 1.165) is 25.7 Å². The zero-order valence-electron chi connectivity index (χ0n) is 12.1. The maximum absolute atomic E-state index is 12.5. The molecule has 0 aliphatic carbocycles. The van der Waals surface area contributed by atoms with Gasteiger partial charge in [0.05, 0.1) is 5.02 Å². The third-order valence-electron chi connectivity index (χ3n) is 3.02. The Balaban J connectivity index is 1.83. The largest absolute Gasteiger partial charge is 0.296 e. The zero-order chi connectivity index (χ0) is 16.4. The first-order chi connectivity index (χ1) is 11.1. The van der Waals surface area contributed by atoms with E-state index >= 15 is 0 Å². The van der Waals surface area contributed by atoms with Gasteiger partial charge in [0.25, 0.3) is 5.91 Å². The van der Waals surface area contributed by atoms with Gasteiger partial charge in [0.1, 0.15) is 4.88 Å². The van der Waals surface area contributed by atoms with Gasteiger partial charge in [-0.3, -0.25) is 10.1 Å². The molecule has 118 valence electrons. The lowest BCUT2D eigenvalue weighted by Crippen LogP contribution is -2.10. The van der Waals surface area contributed by atoms with Crippen molar-refractivity contribution >= 4 is 67.2 Å². The summed E-state index contributed by atoms with van der Waals surface area (Å²) in [5, 5.41) is 12.7. The van der Waals surface area contributed by atoms with Crippen LogP contribution >= 0.6 is 46.0 Å². The number of benzene rings is 1. The van der Waals surface area contributed by atoms with E-state index in [1.807, 2.05) is 25.1 Å². The summed E-state index contributed by atoms with van der Waals surface area (Å²) in [5.41, 5.74) is 1.06. The highest BCUT2D eigenvalue weighted by Gasteiger charge is 2.19. The predicted molar refractivity (Wildman–Crippen MR) is 100 cm³/mol. The molecular formula is C15H12ClN3OS3. The number of rotatable bonds is 5. The van der Waals surface area contributed by atoms with Gasteiger partial charge in [0.2, 0.25) is 5.13 Å². The lowest BCUT2D eigenvalue weighted by atomic mass is 10.1. The summed E-state index contributed by atoms with van der Waals surface area (Å²) < 4.78 is 1.79. The van der Waals surface area contributed by atoms with Gasteiger partial charge in [-0.1, -0.05) is 52.9 Å². The molecule has 0 radical (unpaired) electrons. The molecule has 23 heavy (non-hydrogen) atoms. The maximum Gasteiger partial charge on any atom is 0.269 e. The van der Waals surface area contributed by atoms with Crippen molar-refractivity contribution in [3.05, 3.63) is 46.3 Å². The molecule has 0 saturated heterocycles. The second-order valence-corrected chi connectivity index (χ2v) is 8.29. The fourth-order valence-electron chi connectivity index (χ4n) is 2.02. The number of hydrogen-bond donors (Lipinski definition) is 1. The van der Waals surface area contributed by atoms with E-state index in [-0.39, 0.29) is 5.91 Å². The minimum Gasteiger partial charge on any atom is -0.296 e. The molecule has 3 rings (SSSR count). The number of aryl methyl sites for hydroxylation is 1. The second-order valence-electron chi connectivity index (χ2n) is 4.62. The van der Waals surface area contributed by atoms with Crippen LogP contribution in [0, 0.1) is 6.92 Å². The number of thioether (sulfide) groups is 1. The van der Waals surface area contributed by atoms with Crippen molar-refractivity contribution in [2.45, 2.75) is 11.3 Å². The summed E-state index contributed by atoms with van der Waals surface area (Å²) in [6, 6.07) is 5.90. The predicted octanol–water partition coefficient (Wildman–Crippen LogP) is 5.25. The highest BCUT2D eigenvalue weighted by atomic mass is 35.5. The van der Waals surface area contributed by atoms with Crippen LogP contribution in [0.4, 0.5) is 5.13 Å². The number of carbonyl (C=O) groups is 1. The van der Waals surface area contributed by atoms with E-state index in [4.69, 9.17) is 11.6 Å². The molecule has 0 atom stereocenters. The van der Waals surface area contributed by atoms with Crippen LogP contribution in [0.5, 0.6) is 0 Å². The Morgan fingerprint density at radius 3 is 3.00 bits per heavy atom. The number of carbonyl (C=O) groups excluding carboxylic acids is 1. The summed E-state index contributed by atoms with van der Waals surface area (Å²) >= 11 is 10.6. The van der Waals surface area contributed by atoms with Gasteiger partial charge in [-0.15, -0.1) is 28.1 Å². The molecule has 2 aromatic heterocycles. The SMILES string of the molecule is C=CCSc1nnc(NC(=O)c2sc3cccc(C)c3c2Cl)s1. The smallest absolute Gasteiger partial charge is 0.269 e. The molecule has 2 heterocycles. The van der Waals surface area contributed by atoms with Gasteiger partial charge >= 0.3 is 0 Å². The molecule has 0 bridgehead atoms. The molecule has 0 aliphatic heterocycles. The quantitative estimate of drug-likeness (QED) is 0.372. The number of halogens is 1. The summed E-state index contributed by atoms with van der Waals surface area (Å²) in [7, 11) is 0. The Morgan fingerprint density at radius 1 is 1.43 bits per heavy atom. The summed E-state index contributed by atoms with van der Waals surface area (Å²) in [6.07, 6.45) is 1.80. The van der Waals surface area contributed by atoms with Crippen molar-refractivity contribution in [1.29, 1.82) is 0 Å². The van der Waals surface area contributed by atoms with E-state index < -0.39 is 0 Å². The number of nitrogens with one attached hydrogen (secondary N) is 1. The van der Waals surface area contributed by atoms with Gasteiger partial charge in [-0.2, -0.15) is 0 Å². The average molecular weight is 382 g/mol. The van der Waals surface area contributed by atoms with Crippen LogP contribution in [0.25, 0.3) is 10.1 Å². The molecule has 0 aliphatic rings. The Morgan fingerprint density at radius 2 is 2.26 bits per heavy atom. The molecule has 0 fully saturated rings. The molecule has 4 nitrogen and oxygen atoms in total. The lowest BCUT2D eigenvalue weighted by molar-refractivity contribution is 0.103. The molecule has 0 saturated carbocycles. The molecule has 1 N–H and O–H groups in total. The molecule has 0 unspecified atom stereocenters. The van der Waals surface area contributed by atoms with E-state index in [9.17, 15) is 4.79 Å². The van der Waals surface area contributed by atoms with Crippen LogP contribution in [0.1, 0.15) is 15.2 Å². The van der Waals surface area contributed by atoms with E-state index in [0.29, 0.717) is 15.0 Å². The first-order valence-electron chi connectivity index (χ1n) is 6.66. The number of amides is 1. The molecule has 0 spiro atoms. The minimum absolute atomic E-state index is 0.257. The monoisotopic (exact) mass is 381 g/mol. The minimum atomic E-state index is -0.257. The number of aromatic nitrogens is 2. The van der Waals surface area contributed by atoms with Crippen LogP contribution < -0.4 is 5.32 Å². The normalized spacial score (nSPS) is 10.9. The Kier molecular flexibility index (Phi) is 5.01. The van der Waals surface area contributed by atoms with E-state index in [2.05, 4.69) is 22.1 Å². The average Bonchev–Trinajstić information content (AvgIpc) is 3.10. The van der Waals surface area contributed by atoms with E-state index in [1.54, 1.807) is 6.08 Å². The van der Waals surface area contributed by atoms with Gasteiger partial charge in [0.15, 0.2) is 4.34 Å². The van der Waals surface area contributed by atoms with Crippen LogP contribution in [-0.4, -0.2) is 21.9 Å². The van der Waals surface area contributed by atoms with Crippen LogP contribution in [0.3, 0.4) is 0 Å². The number of anilines is 1. The molecule has 1 aromatic carbocycles. The van der Waals surface area contributed by atoms with Crippen molar-refractivity contribution in [2.24, 2.45) is 0 Å². The van der Waals surface area contributed by atoms with Crippen molar-refractivity contribution in [2.75, 3.05) is 11.1 Å². The standard InChI is InChI=1S/C15H12ClN3OS3/c1-3-7-21-15-19-18-14(23-15)17-13(20)12-11(16)10-8(2)5-4-6-9(10)22-12/h3-6H,1,7H2,2H3,(H,17,18,20). The number of thiophene rings is 1. The lowest BCUT2D eigenvalue weighted by Gasteiger charge is -1.99. The Hall–Kier alpha value is -1.41. The number of nitrogens with zero attached hydrogens (tertiary/aromatic N) is 2. The molecule has 8 heteroatoms. The highest BCUT2D eigenvalue weighted by molar-refractivity contribution is 8.01. The van der Waals surface area contributed by atoms with Crippen molar-refractivity contribution in [1.82, 2.24) is 10.2 Å². The highest BCUT2D eigenvalue weighted by Crippen LogP contribution is 2.37. The Labute approximate surface area is 150 Å². The van der Waals surface area contributed by atoms with Gasteiger partial charge in [0, 0.05) is 15.8 Å². The zero-order valence-corrected chi connectivity index (χ0v) is 15.3. The molecular weight excluding hydrogens is 370 g/mol. The fraction of sp³-hybridized carbons (Fsp3) is 0.133. The van der Waals surface area contributed by atoms with Crippen LogP contribution in [-0.2, 0) is 0 Å². The summed E-state index contributed by atoms with van der Waals surface area (Å²) in [4.78, 5) is 13.0. The third kappa shape index (κ3) is 3.42. The van der Waals surface area contributed by atoms with Crippen molar-refractivity contribution in [3.63, 3.8) is 0 Å². The van der Waals surface area contributed by atoms with Crippen molar-refractivity contribution in [3.8, 4) is 0 Å². The van der Waals surface area contributed by atoms with Gasteiger partial charge in [-0.05, 0) is 18.6 Å².